The minimum absolute atomic E-state index is 0.0255. The molecule has 162 valence electrons. The van der Waals surface area contributed by atoms with Crippen LogP contribution < -0.4 is 4.13 Å². The van der Waals surface area contributed by atoms with E-state index in [1.54, 1.807) is 16.3 Å². The predicted octanol–water partition coefficient (Wildman–Crippen LogP) is 2.02. The van der Waals surface area contributed by atoms with E-state index in [1.807, 2.05) is 31.2 Å². The molecule has 0 saturated heterocycles. The Kier molecular flexibility index (Phi) is 8.30. The van der Waals surface area contributed by atoms with Crippen LogP contribution in [0.4, 0.5) is 0 Å². The van der Waals surface area contributed by atoms with Crippen molar-refractivity contribution in [3.8, 4) is 11.1 Å². The molecule has 0 aromatic heterocycles. The first-order chi connectivity index (χ1) is 14.1. The number of carbonyl (C=O) groups excluding carboxylic acids is 1. The van der Waals surface area contributed by atoms with Crippen LogP contribution >= 0.6 is 0 Å². The third-order valence-electron chi connectivity index (χ3n) is 3.92. The Morgan fingerprint density at radius 1 is 0.933 bits per heavy atom. The van der Waals surface area contributed by atoms with Gasteiger partial charge in [-0.1, -0.05) is 48.5 Å². The monoisotopic (exact) mass is 453 g/mol. The zero-order valence-corrected chi connectivity index (χ0v) is 18.0. The number of rotatable bonds is 11. The molecule has 0 radical (unpaired) electrons. The van der Waals surface area contributed by atoms with Crippen molar-refractivity contribution >= 4 is 26.0 Å². The summed E-state index contributed by atoms with van der Waals surface area (Å²) in [6.45, 7) is 4.84. The molecule has 0 aliphatic carbocycles. The molecule has 0 bridgehead atoms. The maximum absolute atomic E-state index is 12.4. The number of esters is 1. The maximum atomic E-state index is 12.4. The third kappa shape index (κ3) is 7.38. The van der Waals surface area contributed by atoms with E-state index in [9.17, 15) is 21.6 Å². The first-order valence-electron chi connectivity index (χ1n) is 8.93. The van der Waals surface area contributed by atoms with Gasteiger partial charge in [-0.3, -0.25) is 0 Å². The zero-order chi connectivity index (χ0) is 22.2. The first-order valence-corrected chi connectivity index (χ1v) is 12.1. The minimum atomic E-state index is -4.26. The smallest absolute Gasteiger partial charge is 0.330 e. The van der Waals surface area contributed by atoms with Crippen LogP contribution in [-0.4, -0.2) is 48.4 Å². The molecule has 30 heavy (non-hydrogen) atoms. The molecule has 8 nitrogen and oxygen atoms in total. The van der Waals surface area contributed by atoms with Crippen LogP contribution in [0.5, 0.6) is 0 Å². The van der Waals surface area contributed by atoms with Gasteiger partial charge in [-0.15, -0.1) is 4.13 Å². The lowest BCUT2D eigenvalue weighted by molar-refractivity contribution is -0.139. The fraction of sp³-hybridized carbons (Fsp3) is 0.250. The van der Waals surface area contributed by atoms with Gasteiger partial charge in [-0.25, -0.2) is 21.6 Å². The van der Waals surface area contributed by atoms with E-state index in [1.165, 1.54) is 12.1 Å². The van der Waals surface area contributed by atoms with Gasteiger partial charge in [0.1, 0.15) is 6.61 Å². The molecule has 2 rings (SSSR count). The number of hydrogen-bond donors (Lipinski definition) is 1. The number of ether oxygens (including phenoxy) is 2. The third-order valence-corrected chi connectivity index (χ3v) is 7.41. The summed E-state index contributed by atoms with van der Waals surface area (Å²) in [6.07, 6.45) is 0.993. The highest BCUT2D eigenvalue weighted by atomic mass is 32.3. The molecule has 0 aliphatic rings. The summed E-state index contributed by atoms with van der Waals surface area (Å²) in [7, 11) is -8.41. The first kappa shape index (κ1) is 23.7. The van der Waals surface area contributed by atoms with Crippen LogP contribution in [0.3, 0.4) is 0 Å². The quantitative estimate of drug-likeness (QED) is 0.314. The van der Waals surface area contributed by atoms with Crippen LogP contribution in [0.25, 0.3) is 11.1 Å². The number of hydrogen-bond acceptors (Lipinski definition) is 7. The van der Waals surface area contributed by atoms with Crippen LogP contribution in [0.2, 0.25) is 0 Å². The molecule has 0 aliphatic heterocycles. The van der Waals surface area contributed by atoms with E-state index in [-0.39, 0.29) is 24.7 Å². The summed E-state index contributed by atoms with van der Waals surface area (Å²) in [6, 6.07) is 13.6. The second-order valence-electron chi connectivity index (χ2n) is 6.28. The molecular formula is C20H23NO7S2. The van der Waals surface area contributed by atoms with E-state index >= 15 is 0 Å². The van der Waals surface area contributed by atoms with Crippen LogP contribution in [0.15, 0.2) is 66.1 Å². The Morgan fingerprint density at radius 3 is 2.07 bits per heavy atom. The summed E-state index contributed by atoms with van der Waals surface area (Å²) in [5.41, 5.74) is 2.83. The van der Waals surface area contributed by atoms with E-state index in [0.29, 0.717) is 0 Å². The number of benzene rings is 2. The molecule has 10 heteroatoms. The predicted molar refractivity (Wildman–Crippen MR) is 113 cm³/mol. The molecule has 0 amide bonds. The summed E-state index contributed by atoms with van der Waals surface area (Å²) in [4.78, 5) is 10.7. The van der Waals surface area contributed by atoms with E-state index in [0.717, 1.165) is 22.8 Å². The van der Waals surface area contributed by atoms with E-state index in [4.69, 9.17) is 4.74 Å². The molecule has 1 N–H and O–H groups in total. The largest absolute Gasteiger partial charge is 0.460 e. The number of carbonyl (C=O) groups is 1. The molecule has 0 unspecified atom stereocenters. The van der Waals surface area contributed by atoms with Crippen LogP contribution in [0.1, 0.15) is 5.56 Å². The SMILES string of the molecule is C=CC(=O)OCCOCCS(=O)(=O)NS(=O)(=O)c1ccc(-c2ccc(C)cc2)cc1. The number of nitrogens with one attached hydrogen (secondary N) is 1. The fourth-order valence-electron chi connectivity index (χ4n) is 2.36. The van der Waals surface area contributed by atoms with Gasteiger partial charge in [0.25, 0.3) is 10.0 Å². The summed E-state index contributed by atoms with van der Waals surface area (Å²) in [5, 5.41) is 0. The van der Waals surface area contributed by atoms with Crippen molar-refractivity contribution in [2.24, 2.45) is 0 Å². The molecule has 2 aromatic carbocycles. The van der Waals surface area contributed by atoms with Crippen molar-refractivity contribution in [3.63, 3.8) is 0 Å². The lowest BCUT2D eigenvalue weighted by Crippen LogP contribution is -2.34. The molecule has 0 heterocycles. The zero-order valence-electron chi connectivity index (χ0n) is 16.4. The van der Waals surface area contributed by atoms with Crippen molar-refractivity contribution in [1.29, 1.82) is 0 Å². The van der Waals surface area contributed by atoms with Crippen molar-refractivity contribution < 1.29 is 31.1 Å². The van der Waals surface area contributed by atoms with Gasteiger partial charge in [-0.05, 0) is 30.2 Å². The van der Waals surface area contributed by atoms with Gasteiger partial charge < -0.3 is 9.47 Å². The van der Waals surface area contributed by atoms with Crippen molar-refractivity contribution in [1.82, 2.24) is 4.13 Å². The molecule has 2 aromatic rings. The second-order valence-corrected chi connectivity index (χ2v) is 10.1. The standard InChI is InChI=1S/C20H23NO7S2/c1-3-20(22)28-13-12-27-14-15-29(23,24)21-30(25,26)19-10-8-18(9-11-19)17-6-4-16(2)5-7-17/h3-11,21H,1,12-15H2,2H3. The highest BCUT2D eigenvalue weighted by molar-refractivity contribution is 8.04. The van der Waals surface area contributed by atoms with Crippen molar-refractivity contribution in [2.75, 3.05) is 25.6 Å². The molecular weight excluding hydrogens is 430 g/mol. The molecule has 0 atom stereocenters. The average molecular weight is 454 g/mol. The van der Waals surface area contributed by atoms with E-state index in [2.05, 4.69) is 11.3 Å². The summed E-state index contributed by atoms with van der Waals surface area (Å²) < 4.78 is 60.3. The topological polar surface area (TPSA) is 116 Å². The van der Waals surface area contributed by atoms with Gasteiger partial charge in [0.05, 0.1) is 23.9 Å². The highest BCUT2D eigenvalue weighted by Crippen LogP contribution is 2.22. The Labute approximate surface area is 176 Å². The average Bonchev–Trinajstić information content (AvgIpc) is 2.70. The summed E-state index contributed by atoms with van der Waals surface area (Å²) >= 11 is 0. The molecule has 0 saturated carbocycles. The van der Waals surface area contributed by atoms with Gasteiger partial charge in [-0.2, -0.15) is 0 Å². The van der Waals surface area contributed by atoms with Crippen molar-refractivity contribution in [2.45, 2.75) is 11.8 Å². The van der Waals surface area contributed by atoms with Crippen LogP contribution in [-0.2, 0) is 34.3 Å². The Morgan fingerprint density at radius 2 is 1.50 bits per heavy atom. The maximum Gasteiger partial charge on any atom is 0.330 e. The molecule has 0 fully saturated rings. The minimum Gasteiger partial charge on any atom is -0.460 e. The number of aryl methyl sites for hydroxylation is 1. The number of sulfonamides is 2. The fourth-order valence-corrected chi connectivity index (χ4v) is 5.25. The van der Waals surface area contributed by atoms with Crippen LogP contribution in [0, 0.1) is 6.92 Å². The van der Waals surface area contributed by atoms with Gasteiger partial charge in [0.2, 0.25) is 10.0 Å². The van der Waals surface area contributed by atoms with Gasteiger partial charge >= 0.3 is 5.97 Å². The molecule has 0 spiro atoms. The highest BCUT2D eigenvalue weighted by Gasteiger charge is 2.22. The Hall–Kier alpha value is -2.53. The van der Waals surface area contributed by atoms with Gasteiger partial charge in [0, 0.05) is 6.08 Å². The van der Waals surface area contributed by atoms with E-state index < -0.39 is 31.8 Å². The normalized spacial score (nSPS) is 11.8. The Balaban J connectivity index is 1.92. The van der Waals surface area contributed by atoms with Gasteiger partial charge in [0.15, 0.2) is 0 Å². The lowest BCUT2D eigenvalue weighted by Gasteiger charge is -2.09. The lowest BCUT2D eigenvalue weighted by atomic mass is 10.0. The van der Waals surface area contributed by atoms with Crippen molar-refractivity contribution in [3.05, 3.63) is 66.7 Å². The summed E-state index contributed by atoms with van der Waals surface area (Å²) in [5.74, 6) is -1.18. The Bertz CT molecular complexity index is 1070. The second kappa shape index (κ2) is 10.5.